The maximum atomic E-state index is 13.9. The van der Waals surface area contributed by atoms with E-state index in [1.54, 1.807) is 0 Å². The average molecular weight is 694 g/mol. The van der Waals surface area contributed by atoms with Gasteiger partial charge in [-0.2, -0.15) is 0 Å². The number of fused-ring (bicyclic) bond motifs is 6. The second-order valence-electron chi connectivity index (χ2n) is 13.4. The molecule has 0 radical (unpaired) electrons. The zero-order chi connectivity index (χ0) is 34.3. The zero-order valence-electron chi connectivity index (χ0n) is 27.0. The molecule has 3 fully saturated rings. The van der Waals surface area contributed by atoms with E-state index in [1.807, 2.05) is 49.4 Å². The molecule has 2 aromatic rings. The molecule has 2 aromatic carbocycles. The highest BCUT2D eigenvalue weighted by molar-refractivity contribution is 7.91. The van der Waals surface area contributed by atoms with Gasteiger partial charge in [0.1, 0.15) is 23.1 Å². The van der Waals surface area contributed by atoms with Crippen LogP contribution >= 0.6 is 0 Å². The van der Waals surface area contributed by atoms with Crippen LogP contribution in [0.15, 0.2) is 47.6 Å². The predicted molar refractivity (Wildman–Crippen MR) is 175 cm³/mol. The lowest BCUT2D eigenvalue weighted by atomic mass is 9.93. The number of nitrogens with one attached hydrogen (secondary N) is 4. The first kappa shape index (κ1) is 32.9. The van der Waals surface area contributed by atoms with Crippen LogP contribution in [0.1, 0.15) is 69.4 Å². The number of oxime groups is 1. The fraction of sp³-hybridized carbons (Fsp3) is 0.500. The molecule has 5 aliphatic rings. The zero-order valence-corrected chi connectivity index (χ0v) is 27.8. The van der Waals surface area contributed by atoms with Crippen LogP contribution in [0.3, 0.4) is 0 Å². The monoisotopic (exact) mass is 693 g/mol. The molecule has 1 aliphatic heterocycles. The molecule has 5 atom stereocenters. The highest BCUT2D eigenvalue weighted by atomic mass is 32.2. The van der Waals surface area contributed by atoms with Crippen molar-refractivity contribution in [2.75, 3.05) is 13.2 Å². The van der Waals surface area contributed by atoms with Crippen LogP contribution in [0.4, 0.5) is 4.79 Å². The normalized spacial score (nSPS) is 29.0. The molecule has 4 amide bonds. The first-order valence-electron chi connectivity index (χ1n) is 16.8. The number of rotatable bonds is 6. The number of ether oxygens (including phenoxy) is 2. The quantitative estimate of drug-likeness (QED) is 0.301. The molecule has 4 bridgehead atoms. The molecule has 1 unspecified atom stereocenters. The Morgan fingerprint density at radius 2 is 1.69 bits per heavy atom. The third-order valence-electron chi connectivity index (χ3n) is 10.1. The van der Waals surface area contributed by atoms with Crippen molar-refractivity contribution in [2.24, 2.45) is 22.9 Å². The van der Waals surface area contributed by atoms with Gasteiger partial charge in [0.05, 0.1) is 30.3 Å². The molecule has 3 saturated carbocycles. The van der Waals surface area contributed by atoms with E-state index in [0.717, 1.165) is 22.3 Å². The maximum absolute atomic E-state index is 13.9. The Balaban J connectivity index is 1.15. The van der Waals surface area contributed by atoms with Crippen molar-refractivity contribution in [3.8, 4) is 16.9 Å². The Hall–Kier alpha value is -4.66. The maximum Gasteiger partial charge on any atom is 0.426 e. The van der Waals surface area contributed by atoms with Gasteiger partial charge in [-0.1, -0.05) is 42.8 Å². The van der Waals surface area contributed by atoms with Crippen molar-refractivity contribution < 1.29 is 41.9 Å². The molecule has 0 spiro atoms. The molecule has 4 aliphatic carbocycles. The minimum atomic E-state index is -3.84. The molecule has 49 heavy (non-hydrogen) atoms. The van der Waals surface area contributed by atoms with Crippen LogP contribution in [-0.4, -0.2) is 68.1 Å². The summed E-state index contributed by atoms with van der Waals surface area (Å²) in [6.07, 6.45) is 1.56. The molecule has 4 N–H and O–H groups in total. The number of carbonyl (C=O) groups excluding carboxylic acids is 4. The summed E-state index contributed by atoms with van der Waals surface area (Å²) in [7, 11) is -3.84. The van der Waals surface area contributed by atoms with Gasteiger partial charge in [-0.15, -0.1) is 0 Å². The topological polar surface area (TPSA) is 191 Å². The number of sulfonamides is 1. The first-order valence-corrected chi connectivity index (χ1v) is 18.4. The molecule has 7 rings (SSSR count). The van der Waals surface area contributed by atoms with Crippen molar-refractivity contribution in [1.82, 2.24) is 20.9 Å². The highest BCUT2D eigenvalue weighted by Crippen LogP contribution is 2.48. The van der Waals surface area contributed by atoms with Crippen molar-refractivity contribution in [3.63, 3.8) is 0 Å². The number of carbonyl (C=O) groups is 4. The summed E-state index contributed by atoms with van der Waals surface area (Å²) in [6, 6.07) is 13.6. The number of hydrazine groups is 1. The van der Waals surface area contributed by atoms with Gasteiger partial charge in [-0.3, -0.25) is 24.5 Å². The third kappa shape index (κ3) is 6.55. The second kappa shape index (κ2) is 13.0. The van der Waals surface area contributed by atoms with E-state index in [2.05, 4.69) is 26.0 Å². The Bertz CT molecular complexity index is 1830. The van der Waals surface area contributed by atoms with Gasteiger partial charge in [0.15, 0.2) is 0 Å². The summed E-state index contributed by atoms with van der Waals surface area (Å²) in [4.78, 5) is 59.1. The summed E-state index contributed by atoms with van der Waals surface area (Å²) in [5.74, 6) is -3.55. The van der Waals surface area contributed by atoms with Crippen molar-refractivity contribution >= 4 is 39.5 Å². The van der Waals surface area contributed by atoms with E-state index in [4.69, 9.17) is 14.3 Å². The van der Waals surface area contributed by atoms with Gasteiger partial charge in [0.25, 0.3) is 5.91 Å². The van der Waals surface area contributed by atoms with Crippen molar-refractivity contribution in [2.45, 2.75) is 75.2 Å². The number of amides is 4. The first-order chi connectivity index (χ1) is 23.6. The molecule has 15 heteroatoms. The molecule has 0 aromatic heterocycles. The summed E-state index contributed by atoms with van der Waals surface area (Å²) in [5.41, 5.74) is 7.45. The summed E-state index contributed by atoms with van der Waals surface area (Å²) in [6.45, 7) is 2.37. The lowest BCUT2D eigenvalue weighted by Gasteiger charge is -2.23. The Kier molecular flexibility index (Phi) is 8.71. The fourth-order valence-corrected chi connectivity index (χ4v) is 8.47. The standard InChI is InChI=1S/C34H39N5O9S/c1-2-19-18-34(19,32(42)39-49(44,45)22-10-11-22)35-30(40)27-16-21-17-28(27)31(41)36-37-33(43)47-14-6-5-13-46-20-9-12-24-23-7-3-4-8-25(23)29(38-48-21)26(24)15-20/h3-4,7-9,12,15,19,21-22,27-28H,2,5-6,10-11,13-14,16-18H2,1H3,(H,35,40)(H,36,41)(H,37,43)(H,39,42)/b38-29+/t19-,21+,27?,28+,34-/m0/s1. The van der Waals surface area contributed by atoms with Gasteiger partial charge in [-0.05, 0) is 80.2 Å². The third-order valence-corrected chi connectivity index (χ3v) is 11.9. The van der Waals surface area contributed by atoms with Gasteiger partial charge in [0.2, 0.25) is 21.8 Å². The fourth-order valence-electron chi connectivity index (χ4n) is 7.10. The molecular formula is C34H39N5O9S. The van der Waals surface area contributed by atoms with Crippen LogP contribution in [0.25, 0.3) is 11.1 Å². The summed E-state index contributed by atoms with van der Waals surface area (Å²) >= 11 is 0. The van der Waals surface area contributed by atoms with Crippen LogP contribution in [0.5, 0.6) is 5.75 Å². The number of hydrogen-bond acceptors (Lipinski definition) is 10. The van der Waals surface area contributed by atoms with Gasteiger partial charge >= 0.3 is 6.09 Å². The van der Waals surface area contributed by atoms with Crippen LogP contribution < -0.4 is 25.6 Å². The van der Waals surface area contributed by atoms with E-state index in [0.29, 0.717) is 50.2 Å². The Morgan fingerprint density at radius 1 is 0.959 bits per heavy atom. The number of hydrogen-bond donors (Lipinski definition) is 4. The second-order valence-corrected chi connectivity index (χ2v) is 15.3. The average Bonchev–Trinajstić information content (AvgIpc) is 4.00. The van der Waals surface area contributed by atoms with Gasteiger partial charge in [0, 0.05) is 11.1 Å². The van der Waals surface area contributed by atoms with E-state index in [9.17, 15) is 27.6 Å². The highest BCUT2D eigenvalue weighted by Gasteiger charge is 2.62. The number of benzene rings is 2. The number of cyclic esters (lactones) is 1. The van der Waals surface area contributed by atoms with Crippen LogP contribution in [-0.2, 0) is 34.0 Å². The summed E-state index contributed by atoms with van der Waals surface area (Å²) in [5, 5.41) is 6.79. The lowest BCUT2D eigenvalue weighted by molar-refractivity contribution is -0.136. The Morgan fingerprint density at radius 3 is 2.43 bits per heavy atom. The minimum absolute atomic E-state index is 0.0810. The largest absolute Gasteiger partial charge is 0.494 e. The van der Waals surface area contributed by atoms with Gasteiger partial charge < -0.3 is 19.6 Å². The van der Waals surface area contributed by atoms with Crippen LogP contribution in [0.2, 0.25) is 0 Å². The minimum Gasteiger partial charge on any atom is -0.494 e. The number of nitrogens with zero attached hydrogens (tertiary/aromatic N) is 1. The molecule has 1 heterocycles. The lowest BCUT2D eigenvalue weighted by Crippen LogP contribution is -2.55. The molecule has 0 saturated heterocycles. The van der Waals surface area contributed by atoms with Crippen LogP contribution in [0, 0.1) is 17.8 Å². The van der Waals surface area contributed by atoms with E-state index in [1.165, 1.54) is 0 Å². The summed E-state index contributed by atoms with van der Waals surface area (Å²) < 4.78 is 38.5. The molecular weight excluding hydrogens is 654 g/mol. The SMILES string of the molecule is CC[C@H]1C[C@@]1(NC(=O)C1C[C@@H]2C[C@H]1C(=O)NNC(=O)OCCCCOc1ccc3c(c1)/C(=N/O2)c1ccccc1-3)C(=O)NS(=O)(=O)C1CC1. The predicted octanol–water partition coefficient (Wildman–Crippen LogP) is 2.65. The van der Waals surface area contributed by atoms with E-state index < -0.39 is 62.6 Å². The Labute approximate surface area is 283 Å². The smallest absolute Gasteiger partial charge is 0.426 e. The van der Waals surface area contributed by atoms with E-state index in [-0.39, 0.29) is 31.8 Å². The van der Waals surface area contributed by atoms with E-state index >= 15 is 0 Å². The van der Waals surface area contributed by atoms with Crippen molar-refractivity contribution in [3.05, 3.63) is 53.6 Å². The van der Waals surface area contributed by atoms with Crippen molar-refractivity contribution in [1.29, 1.82) is 0 Å². The molecule has 14 nitrogen and oxygen atoms in total. The van der Waals surface area contributed by atoms with Gasteiger partial charge in [-0.25, -0.2) is 18.6 Å². The molecule has 260 valence electrons.